The SMILES string of the molecule is Cc1ncsc1-c1ccc(CNC(=O)[C@@H]2C[C@@H](O)CN2C(=O)[C@@H](c2cc(OCCOCCOCCOCCOCCn3cc(-c4cc(-c5ccccc5O)nnc4N)cn3)no2)C(C)C)cc1. The van der Waals surface area contributed by atoms with Crippen LogP contribution in [-0.2, 0) is 41.6 Å². The van der Waals surface area contributed by atoms with E-state index < -0.39 is 18.1 Å². The molecule has 20 heteroatoms. The van der Waals surface area contributed by atoms with Crippen molar-refractivity contribution in [1.29, 1.82) is 0 Å². The van der Waals surface area contributed by atoms with Crippen molar-refractivity contribution in [3.8, 4) is 44.5 Å². The van der Waals surface area contributed by atoms with Gasteiger partial charge in [-0.2, -0.15) is 5.10 Å². The lowest BCUT2D eigenvalue weighted by Gasteiger charge is -2.28. The van der Waals surface area contributed by atoms with Crippen LogP contribution < -0.4 is 15.8 Å². The number of β-amino-alcohol motifs (C(OH)–C–C–N with tert-alkyl or cyclic N) is 1. The van der Waals surface area contributed by atoms with E-state index in [0.29, 0.717) is 75.4 Å². The lowest BCUT2D eigenvalue weighted by atomic mass is 9.91. The van der Waals surface area contributed by atoms with E-state index in [0.717, 1.165) is 27.3 Å². The third-order valence-corrected chi connectivity index (χ3v) is 12.0. The van der Waals surface area contributed by atoms with E-state index in [1.54, 1.807) is 52.5 Å². The van der Waals surface area contributed by atoms with Gasteiger partial charge in [-0.15, -0.1) is 21.5 Å². The van der Waals surface area contributed by atoms with Gasteiger partial charge in [-0.1, -0.05) is 50.2 Å². The zero-order valence-corrected chi connectivity index (χ0v) is 38.6. The molecule has 7 rings (SSSR count). The second-order valence-electron chi connectivity index (χ2n) is 16.2. The zero-order chi connectivity index (χ0) is 47.1. The maximum atomic E-state index is 14.0. The summed E-state index contributed by atoms with van der Waals surface area (Å²) >= 11 is 1.58. The predicted molar refractivity (Wildman–Crippen MR) is 248 cm³/mol. The lowest BCUT2D eigenvalue weighted by molar-refractivity contribution is -0.141. The largest absolute Gasteiger partial charge is 0.507 e. The highest BCUT2D eigenvalue weighted by Gasteiger charge is 2.43. The van der Waals surface area contributed by atoms with Crippen LogP contribution in [0.3, 0.4) is 0 Å². The van der Waals surface area contributed by atoms with Crippen molar-refractivity contribution >= 4 is 29.0 Å². The summed E-state index contributed by atoms with van der Waals surface area (Å²) in [4.78, 5) is 34.3. The Balaban J connectivity index is 0.729. The summed E-state index contributed by atoms with van der Waals surface area (Å²) < 4.78 is 35.6. The van der Waals surface area contributed by atoms with Crippen molar-refractivity contribution in [1.82, 2.24) is 40.3 Å². The molecule has 1 fully saturated rings. The second-order valence-corrected chi connectivity index (χ2v) is 17.1. The molecular weight excluding hydrogens is 883 g/mol. The normalized spacial score (nSPS) is 15.3. The summed E-state index contributed by atoms with van der Waals surface area (Å²) in [7, 11) is 0. The standard InChI is InChI=1S/C47H57N9O10S/c1-30(2)43(47(60)56-28-35(57)22-39(56)46(59)49-25-32-8-10-33(11-9-32)44-31(3)50-29-67-44)41-24-42(54-66-41)65-21-20-64-19-18-63-17-16-62-15-14-61-13-12-55-27-34(26-51-55)37-23-38(52-53-45(37)48)36-6-4-5-7-40(36)58/h4-11,23-24,26-27,29-30,35,39,43,57-58H,12-22,25,28H2,1-3H3,(H2,48,53)(H,49,59)/t35-,39+,43-/m1/s1. The maximum absolute atomic E-state index is 14.0. The summed E-state index contributed by atoms with van der Waals surface area (Å²) in [5.74, 6) is -0.705. The molecule has 1 saturated heterocycles. The van der Waals surface area contributed by atoms with Gasteiger partial charge in [0.15, 0.2) is 11.6 Å². The summed E-state index contributed by atoms with van der Waals surface area (Å²) in [6.45, 7) is 9.87. The van der Waals surface area contributed by atoms with E-state index >= 15 is 0 Å². The molecule has 0 saturated carbocycles. The number of anilines is 1. The number of aryl methyl sites for hydroxylation is 1. The van der Waals surface area contributed by atoms with Crippen molar-refractivity contribution in [3.05, 3.63) is 95.6 Å². The van der Waals surface area contributed by atoms with Gasteiger partial charge >= 0.3 is 0 Å². The number of para-hydroxylation sites is 1. The molecule has 2 aromatic carbocycles. The summed E-state index contributed by atoms with van der Waals surface area (Å²) in [5.41, 5.74) is 13.4. The maximum Gasteiger partial charge on any atom is 0.254 e. The first-order valence-electron chi connectivity index (χ1n) is 22.2. The summed E-state index contributed by atoms with van der Waals surface area (Å²) in [6, 6.07) is 17.4. The van der Waals surface area contributed by atoms with Gasteiger partial charge < -0.3 is 54.4 Å². The van der Waals surface area contributed by atoms with Crippen molar-refractivity contribution in [2.75, 3.05) is 71.7 Å². The van der Waals surface area contributed by atoms with E-state index in [1.807, 2.05) is 62.8 Å². The molecule has 19 nitrogen and oxygen atoms in total. The Bertz CT molecular complexity index is 2510. The fourth-order valence-electron chi connectivity index (χ4n) is 7.57. The van der Waals surface area contributed by atoms with E-state index in [-0.39, 0.29) is 67.9 Å². The van der Waals surface area contributed by atoms with Gasteiger partial charge in [0.25, 0.3) is 5.88 Å². The molecule has 2 amide bonds. The number of nitrogen functional groups attached to an aromatic ring is 1. The second kappa shape index (κ2) is 23.9. The molecule has 6 aromatic rings. The van der Waals surface area contributed by atoms with Crippen LogP contribution in [0.25, 0.3) is 32.8 Å². The number of aromatic hydroxyl groups is 1. The molecule has 5 heterocycles. The fraction of sp³-hybridized carbons (Fsp3) is 0.426. The number of amides is 2. The highest BCUT2D eigenvalue weighted by molar-refractivity contribution is 7.13. The van der Waals surface area contributed by atoms with Crippen LogP contribution in [0.1, 0.15) is 43.2 Å². The first-order valence-corrected chi connectivity index (χ1v) is 23.0. The number of nitrogens with zero attached hydrogens (tertiary/aromatic N) is 7. The number of thiazole rings is 1. The highest BCUT2D eigenvalue weighted by Crippen LogP contribution is 2.34. The molecule has 4 aromatic heterocycles. The smallest absolute Gasteiger partial charge is 0.254 e. The molecule has 1 aliphatic heterocycles. The highest BCUT2D eigenvalue weighted by atomic mass is 32.1. The molecule has 0 radical (unpaired) electrons. The zero-order valence-electron chi connectivity index (χ0n) is 37.8. The van der Waals surface area contributed by atoms with Gasteiger partial charge in [-0.3, -0.25) is 14.3 Å². The summed E-state index contributed by atoms with van der Waals surface area (Å²) in [5, 5.41) is 40.3. The minimum absolute atomic E-state index is 0.0382. The Morgan fingerprint density at radius 2 is 1.61 bits per heavy atom. The topological polar surface area (TPSA) is 245 Å². The van der Waals surface area contributed by atoms with Crippen molar-refractivity contribution in [2.45, 2.75) is 58.3 Å². The number of benzene rings is 2. The van der Waals surface area contributed by atoms with Gasteiger partial charge in [0.1, 0.15) is 24.3 Å². The van der Waals surface area contributed by atoms with Gasteiger partial charge in [0.2, 0.25) is 11.8 Å². The molecule has 0 spiro atoms. The number of carbonyl (C=O) groups excluding carboxylic acids is 2. The molecular formula is C47H57N9O10S. The third kappa shape index (κ3) is 13.2. The minimum Gasteiger partial charge on any atom is -0.507 e. The first kappa shape index (κ1) is 48.6. The van der Waals surface area contributed by atoms with Crippen molar-refractivity contribution in [2.24, 2.45) is 5.92 Å². The van der Waals surface area contributed by atoms with Gasteiger partial charge in [0, 0.05) is 48.5 Å². The number of likely N-dealkylation sites (tertiary alicyclic amines) is 1. The van der Waals surface area contributed by atoms with E-state index in [1.165, 1.54) is 4.90 Å². The number of ether oxygens (including phenoxy) is 5. The number of nitrogens with two attached hydrogens (primary N) is 1. The predicted octanol–water partition coefficient (Wildman–Crippen LogP) is 4.88. The van der Waals surface area contributed by atoms with Crippen molar-refractivity contribution < 1.29 is 48.0 Å². The molecule has 3 atom stereocenters. The summed E-state index contributed by atoms with van der Waals surface area (Å²) in [6.07, 6.45) is 2.86. The van der Waals surface area contributed by atoms with Crippen LogP contribution in [-0.4, -0.2) is 135 Å². The minimum atomic E-state index is -0.830. The number of aliphatic hydroxyl groups excluding tert-OH is 1. The molecule has 67 heavy (non-hydrogen) atoms. The van der Waals surface area contributed by atoms with Crippen LogP contribution in [0.4, 0.5) is 5.82 Å². The van der Waals surface area contributed by atoms with Crippen LogP contribution in [0, 0.1) is 12.8 Å². The number of hydrogen-bond acceptors (Lipinski definition) is 17. The van der Waals surface area contributed by atoms with Crippen molar-refractivity contribution in [3.63, 3.8) is 0 Å². The van der Waals surface area contributed by atoms with Crippen LogP contribution in [0.5, 0.6) is 11.6 Å². The fourth-order valence-corrected chi connectivity index (χ4v) is 8.38. The Kier molecular flexibility index (Phi) is 17.4. The number of phenolic OH excluding ortho intramolecular Hbond substituents is 1. The molecule has 356 valence electrons. The lowest BCUT2D eigenvalue weighted by Crippen LogP contribution is -2.48. The number of rotatable bonds is 25. The Hall–Kier alpha value is -6.29. The van der Waals surface area contributed by atoms with Gasteiger partial charge in [-0.25, -0.2) is 4.98 Å². The Morgan fingerprint density at radius 1 is 0.910 bits per heavy atom. The van der Waals surface area contributed by atoms with Crippen LogP contribution >= 0.6 is 11.3 Å². The quantitative estimate of drug-likeness (QED) is 0.0559. The average molecular weight is 940 g/mol. The first-order chi connectivity index (χ1) is 32.5. The molecule has 0 unspecified atom stereocenters. The molecule has 0 bridgehead atoms. The number of hydrogen-bond donors (Lipinski definition) is 4. The Morgan fingerprint density at radius 3 is 2.30 bits per heavy atom. The monoisotopic (exact) mass is 939 g/mol. The number of phenols is 1. The molecule has 0 aliphatic carbocycles. The van der Waals surface area contributed by atoms with E-state index in [4.69, 9.17) is 33.9 Å². The number of carbonyl (C=O) groups is 2. The van der Waals surface area contributed by atoms with Gasteiger partial charge in [-0.05, 0) is 47.3 Å². The van der Waals surface area contributed by atoms with Gasteiger partial charge in [0.05, 0.1) is 93.5 Å². The van der Waals surface area contributed by atoms with Crippen LogP contribution in [0.15, 0.2) is 83.1 Å². The van der Waals surface area contributed by atoms with E-state index in [9.17, 15) is 19.8 Å². The number of nitrogens with one attached hydrogen (secondary N) is 1. The Labute approximate surface area is 392 Å². The number of aromatic nitrogens is 6. The number of aliphatic hydroxyl groups is 1. The molecule has 1 aliphatic rings. The average Bonchev–Trinajstić information content (AvgIpc) is 4.16. The third-order valence-electron chi connectivity index (χ3n) is 11.0. The van der Waals surface area contributed by atoms with Crippen LogP contribution in [0.2, 0.25) is 0 Å². The molecule has 5 N–H and O–H groups in total. The van der Waals surface area contributed by atoms with E-state index in [2.05, 4.69) is 30.8 Å².